The first-order valence-corrected chi connectivity index (χ1v) is 7.53. The van der Waals surface area contributed by atoms with Crippen LogP contribution in [0.5, 0.6) is 0 Å². The van der Waals surface area contributed by atoms with Crippen LogP contribution >= 0.6 is 34.5 Å². The highest BCUT2D eigenvalue weighted by atomic mass is 35.5. The van der Waals surface area contributed by atoms with E-state index in [1.807, 2.05) is 24.4 Å². The molecule has 20 heavy (non-hydrogen) atoms. The van der Waals surface area contributed by atoms with Crippen molar-refractivity contribution in [1.82, 2.24) is 0 Å². The molecule has 1 unspecified atom stereocenters. The summed E-state index contributed by atoms with van der Waals surface area (Å²) in [5.74, 6) is -0.454. The number of esters is 1. The molecule has 0 saturated heterocycles. The van der Waals surface area contributed by atoms with E-state index in [0.29, 0.717) is 10.6 Å². The Morgan fingerprint density at radius 1 is 1.35 bits per heavy atom. The highest BCUT2D eigenvalue weighted by molar-refractivity contribution is 7.14. The largest absolute Gasteiger partial charge is 0.465 e. The van der Waals surface area contributed by atoms with Crippen LogP contribution in [0.4, 0.5) is 5.69 Å². The molecule has 0 spiro atoms. The Bertz CT molecular complexity index is 627. The predicted octanol–water partition coefficient (Wildman–Crippen LogP) is 5.01. The van der Waals surface area contributed by atoms with Crippen molar-refractivity contribution >= 4 is 46.2 Å². The zero-order valence-corrected chi connectivity index (χ0v) is 13.3. The van der Waals surface area contributed by atoms with Gasteiger partial charge < -0.3 is 10.1 Å². The van der Waals surface area contributed by atoms with E-state index >= 15 is 0 Å². The third-order valence-corrected chi connectivity index (χ3v) is 4.28. The molecule has 1 atom stereocenters. The van der Waals surface area contributed by atoms with Crippen molar-refractivity contribution < 1.29 is 9.53 Å². The van der Waals surface area contributed by atoms with Crippen LogP contribution in [-0.4, -0.2) is 13.1 Å². The minimum atomic E-state index is -0.454. The Labute approximate surface area is 131 Å². The van der Waals surface area contributed by atoms with E-state index in [0.717, 1.165) is 15.6 Å². The molecule has 0 radical (unpaired) electrons. The highest BCUT2D eigenvalue weighted by Gasteiger charge is 2.13. The minimum absolute atomic E-state index is 0.0745. The number of halogens is 2. The number of hydrogen-bond donors (Lipinski definition) is 1. The summed E-state index contributed by atoms with van der Waals surface area (Å²) in [4.78, 5) is 11.6. The summed E-state index contributed by atoms with van der Waals surface area (Å²) in [5, 5.41) is 5.67. The van der Waals surface area contributed by atoms with Crippen molar-refractivity contribution in [2.75, 3.05) is 12.4 Å². The molecule has 1 aromatic heterocycles. The van der Waals surface area contributed by atoms with Gasteiger partial charge in [-0.2, -0.15) is 0 Å². The zero-order valence-electron chi connectivity index (χ0n) is 10.9. The van der Waals surface area contributed by atoms with E-state index in [1.54, 1.807) is 12.1 Å². The molecule has 3 nitrogen and oxygen atoms in total. The number of thiophene rings is 1. The average molecular weight is 330 g/mol. The molecule has 0 aliphatic rings. The lowest BCUT2D eigenvalue weighted by molar-refractivity contribution is 0.0601. The van der Waals surface area contributed by atoms with Crippen LogP contribution < -0.4 is 5.32 Å². The SMILES string of the molecule is COC(=O)c1cc(NC(C)c2csc(Cl)c2)ccc1Cl. The maximum Gasteiger partial charge on any atom is 0.339 e. The van der Waals surface area contributed by atoms with Crippen LogP contribution in [0.25, 0.3) is 0 Å². The molecule has 0 saturated carbocycles. The molecular formula is C14H13Cl2NO2S. The summed E-state index contributed by atoms with van der Waals surface area (Å²) in [7, 11) is 1.33. The number of nitrogens with one attached hydrogen (secondary N) is 1. The fourth-order valence-corrected chi connectivity index (χ4v) is 2.94. The van der Waals surface area contributed by atoms with E-state index in [9.17, 15) is 4.79 Å². The van der Waals surface area contributed by atoms with Crippen molar-refractivity contribution in [3.05, 3.63) is 50.1 Å². The maximum atomic E-state index is 11.6. The summed E-state index contributed by atoms with van der Waals surface area (Å²) in [6.07, 6.45) is 0. The Hall–Kier alpha value is -1.23. The van der Waals surface area contributed by atoms with Gasteiger partial charge in [0, 0.05) is 11.7 Å². The highest BCUT2D eigenvalue weighted by Crippen LogP contribution is 2.28. The van der Waals surface area contributed by atoms with Gasteiger partial charge in [0.05, 0.1) is 22.0 Å². The average Bonchev–Trinajstić information content (AvgIpc) is 2.87. The Balaban J connectivity index is 2.19. The molecule has 1 aromatic carbocycles. The fourth-order valence-electron chi connectivity index (χ4n) is 1.77. The van der Waals surface area contributed by atoms with Crippen molar-refractivity contribution in [2.45, 2.75) is 13.0 Å². The van der Waals surface area contributed by atoms with Gasteiger partial charge in [0.15, 0.2) is 0 Å². The lowest BCUT2D eigenvalue weighted by Gasteiger charge is -2.15. The van der Waals surface area contributed by atoms with Gasteiger partial charge in [-0.15, -0.1) is 11.3 Å². The Morgan fingerprint density at radius 3 is 2.70 bits per heavy atom. The van der Waals surface area contributed by atoms with Gasteiger partial charge in [-0.3, -0.25) is 0 Å². The van der Waals surface area contributed by atoms with Gasteiger partial charge in [0.25, 0.3) is 0 Å². The van der Waals surface area contributed by atoms with E-state index in [1.165, 1.54) is 18.4 Å². The third kappa shape index (κ3) is 3.45. The molecule has 2 aromatic rings. The fraction of sp³-hybridized carbons (Fsp3) is 0.214. The second kappa shape index (κ2) is 6.48. The van der Waals surface area contributed by atoms with Crippen LogP contribution in [0.2, 0.25) is 9.36 Å². The number of ether oxygens (including phenoxy) is 1. The van der Waals surface area contributed by atoms with Gasteiger partial charge in [-0.1, -0.05) is 23.2 Å². The molecule has 1 N–H and O–H groups in total. The van der Waals surface area contributed by atoms with Crippen molar-refractivity contribution in [1.29, 1.82) is 0 Å². The lowest BCUT2D eigenvalue weighted by Crippen LogP contribution is -2.08. The molecule has 6 heteroatoms. The molecule has 0 aliphatic carbocycles. The van der Waals surface area contributed by atoms with Gasteiger partial charge in [0.2, 0.25) is 0 Å². The third-order valence-electron chi connectivity index (χ3n) is 2.84. The second-order valence-electron chi connectivity index (χ2n) is 4.24. The number of hydrogen-bond acceptors (Lipinski definition) is 4. The van der Waals surface area contributed by atoms with Crippen LogP contribution in [0.3, 0.4) is 0 Å². The quantitative estimate of drug-likeness (QED) is 0.801. The van der Waals surface area contributed by atoms with Crippen molar-refractivity contribution in [3.63, 3.8) is 0 Å². The molecule has 0 bridgehead atoms. The monoisotopic (exact) mass is 329 g/mol. The van der Waals surface area contributed by atoms with Crippen LogP contribution in [0.15, 0.2) is 29.6 Å². The van der Waals surface area contributed by atoms with Gasteiger partial charge in [-0.25, -0.2) is 4.79 Å². The first kappa shape index (κ1) is 15.2. The summed E-state index contributed by atoms with van der Waals surface area (Å²) in [6.45, 7) is 2.02. The standard InChI is InChI=1S/C14H13Cl2NO2S/c1-8(9-5-13(16)20-7-9)17-10-3-4-12(15)11(6-10)14(18)19-2/h3-8,17H,1-2H3. The smallest absolute Gasteiger partial charge is 0.339 e. The molecule has 0 amide bonds. The number of carbonyl (C=O) groups is 1. The number of rotatable bonds is 4. The number of carbonyl (C=O) groups excluding carboxylic acids is 1. The summed E-state index contributed by atoms with van der Waals surface area (Å²) in [6, 6.07) is 7.16. The topological polar surface area (TPSA) is 38.3 Å². The van der Waals surface area contributed by atoms with E-state index in [4.69, 9.17) is 27.9 Å². The maximum absolute atomic E-state index is 11.6. The summed E-state index contributed by atoms with van der Waals surface area (Å²) in [5.41, 5.74) is 2.23. The van der Waals surface area contributed by atoms with Gasteiger partial charge in [-0.05, 0) is 42.1 Å². The molecule has 0 fully saturated rings. The van der Waals surface area contributed by atoms with Crippen molar-refractivity contribution in [2.24, 2.45) is 0 Å². The summed E-state index contributed by atoms with van der Waals surface area (Å²) < 4.78 is 5.45. The number of anilines is 1. The van der Waals surface area contributed by atoms with Gasteiger partial charge >= 0.3 is 5.97 Å². The molecule has 1 heterocycles. The van der Waals surface area contributed by atoms with E-state index in [2.05, 4.69) is 5.32 Å². The van der Waals surface area contributed by atoms with Crippen LogP contribution in [0.1, 0.15) is 28.9 Å². The molecule has 0 aliphatic heterocycles. The molecular weight excluding hydrogens is 317 g/mol. The minimum Gasteiger partial charge on any atom is -0.465 e. The van der Waals surface area contributed by atoms with E-state index in [-0.39, 0.29) is 6.04 Å². The number of methoxy groups -OCH3 is 1. The van der Waals surface area contributed by atoms with Crippen LogP contribution in [0, 0.1) is 0 Å². The summed E-state index contributed by atoms with van der Waals surface area (Å²) >= 11 is 13.4. The van der Waals surface area contributed by atoms with Crippen molar-refractivity contribution in [3.8, 4) is 0 Å². The second-order valence-corrected chi connectivity index (χ2v) is 6.19. The van der Waals surface area contributed by atoms with Crippen LogP contribution in [-0.2, 0) is 4.74 Å². The first-order valence-electron chi connectivity index (χ1n) is 5.89. The molecule has 106 valence electrons. The lowest BCUT2D eigenvalue weighted by atomic mass is 10.1. The van der Waals surface area contributed by atoms with Gasteiger partial charge in [0.1, 0.15) is 0 Å². The zero-order chi connectivity index (χ0) is 14.7. The first-order chi connectivity index (χ1) is 9.51. The normalized spacial score (nSPS) is 12.0. The Kier molecular flexibility index (Phi) is 4.91. The number of benzene rings is 1. The van der Waals surface area contributed by atoms with E-state index < -0.39 is 5.97 Å². The molecule has 2 rings (SSSR count). The predicted molar refractivity (Wildman–Crippen MR) is 84.2 cm³/mol. The Morgan fingerprint density at radius 2 is 2.10 bits per heavy atom.